The van der Waals surface area contributed by atoms with E-state index in [1.807, 2.05) is 6.92 Å². The Hall–Kier alpha value is -4.07. The molecule has 0 aromatic rings. The second-order valence-electron chi connectivity index (χ2n) is 20.6. The second kappa shape index (κ2) is 21.5. The highest BCUT2D eigenvalue weighted by Gasteiger charge is 2.59. The van der Waals surface area contributed by atoms with E-state index < -0.39 is 125 Å². The lowest BCUT2D eigenvalue weighted by Gasteiger charge is -2.48. The Kier molecular flexibility index (Phi) is 17.4. The number of rotatable bonds is 9. The molecule has 5 saturated heterocycles. The number of aliphatic hydroxyl groups is 4. The van der Waals surface area contributed by atoms with Gasteiger partial charge in [-0.2, -0.15) is 0 Å². The number of nitrogens with one attached hydrogen (secondary N) is 3. The van der Waals surface area contributed by atoms with E-state index in [0.717, 1.165) is 41.6 Å². The summed E-state index contributed by atoms with van der Waals surface area (Å²) in [4.78, 5) is 103. The second-order valence-corrected chi connectivity index (χ2v) is 20.6. The standard InChI is InChI=1S/C45H76N8O15/c1-11-25(7)20-27-15-16-45(64,68-31(27)12-2)44(10,63)42(61)48-32-34(24(5)6)67-41(60)33(23(3)4)53(66)40(59)35-43(9,62)17-19-49(35)37(56)30-21-28(54)22-47-51(30)36(55)26(8)52(65)38(57)29-14-13-18-46-50(29)39(32)58/h23-35,46-47,54,62-66H,11-22H2,1-10H3,(H,48,61)/t25-,26+,27+,28+,29-,30+,31+,32+,33-,34-,35-,43+,44+,45+/m0/s1. The lowest BCUT2D eigenvalue weighted by molar-refractivity contribution is -0.329. The van der Waals surface area contributed by atoms with Crippen LogP contribution in [0.5, 0.6) is 0 Å². The zero-order chi connectivity index (χ0) is 51.0. The van der Waals surface area contributed by atoms with Crippen LogP contribution in [-0.2, 0) is 43.0 Å². The fourth-order valence-electron chi connectivity index (χ4n) is 10.1. The third kappa shape index (κ3) is 10.8. The Morgan fingerprint density at radius 2 is 1.53 bits per heavy atom. The molecule has 68 heavy (non-hydrogen) atoms. The minimum absolute atomic E-state index is 0.0101. The maximum atomic E-state index is 15.1. The molecule has 5 rings (SSSR count). The lowest BCUT2D eigenvalue weighted by Crippen LogP contribution is -2.70. The van der Waals surface area contributed by atoms with Crippen LogP contribution in [0.15, 0.2) is 0 Å². The fourth-order valence-corrected chi connectivity index (χ4v) is 10.1. The van der Waals surface area contributed by atoms with Crippen molar-refractivity contribution >= 4 is 41.4 Å². The van der Waals surface area contributed by atoms with Gasteiger partial charge in [0, 0.05) is 32.5 Å². The van der Waals surface area contributed by atoms with Crippen molar-refractivity contribution in [3.05, 3.63) is 0 Å². The first-order valence-electron chi connectivity index (χ1n) is 24.2. The Balaban J connectivity index is 1.62. The Bertz CT molecular complexity index is 1890. The topological polar surface area (TPSA) is 312 Å². The summed E-state index contributed by atoms with van der Waals surface area (Å²) < 4.78 is 12.2. The highest BCUT2D eigenvalue weighted by atomic mass is 16.6. The van der Waals surface area contributed by atoms with Crippen molar-refractivity contribution in [2.45, 2.75) is 199 Å². The summed E-state index contributed by atoms with van der Waals surface area (Å²) in [6.07, 6.45) is -1.48. The normalized spacial score (nSPS) is 36.6. The van der Waals surface area contributed by atoms with Crippen LogP contribution in [0.25, 0.3) is 0 Å². The van der Waals surface area contributed by atoms with Crippen molar-refractivity contribution in [3.63, 3.8) is 0 Å². The van der Waals surface area contributed by atoms with Crippen molar-refractivity contribution in [1.82, 2.24) is 41.2 Å². The zero-order valence-electron chi connectivity index (χ0n) is 41.1. The smallest absolute Gasteiger partial charge is 0.332 e. The number of β-amino-alcohol motifs (C(OH)–C–C–N with tert-alkyl or cyclic N) is 1. The average molecular weight is 969 g/mol. The molecule has 0 unspecified atom stereocenters. The molecule has 5 aliphatic rings. The van der Waals surface area contributed by atoms with Gasteiger partial charge in [-0.3, -0.25) is 49.2 Å². The molecular formula is C45H76N8O15. The van der Waals surface area contributed by atoms with Gasteiger partial charge < -0.3 is 40.1 Å². The molecule has 0 saturated carbocycles. The largest absolute Gasteiger partial charge is 0.458 e. The van der Waals surface area contributed by atoms with Crippen LogP contribution < -0.4 is 16.2 Å². The fraction of sp³-hybridized carbons (Fsp3) is 0.844. The van der Waals surface area contributed by atoms with Crippen molar-refractivity contribution in [3.8, 4) is 0 Å². The number of carbonyl (C=O) groups is 7. The van der Waals surface area contributed by atoms with Crippen LogP contribution in [0, 0.1) is 23.7 Å². The predicted molar refractivity (Wildman–Crippen MR) is 237 cm³/mol. The van der Waals surface area contributed by atoms with Gasteiger partial charge in [-0.05, 0) is 83.0 Å². The summed E-state index contributed by atoms with van der Waals surface area (Å²) in [6, 6.07) is -10.6. The van der Waals surface area contributed by atoms with Crippen molar-refractivity contribution in [1.29, 1.82) is 0 Å². The van der Waals surface area contributed by atoms with E-state index >= 15 is 4.79 Å². The molecule has 0 spiro atoms. The molecular weight excluding hydrogens is 893 g/mol. The monoisotopic (exact) mass is 969 g/mol. The lowest BCUT2D eigenvalue weighted by atomic mass is 9.78. The predicted octanol–water partition coefficient (Wildman–Crippen LogP) is -0.704. The molecule has 386 valence electrons. The number of nitrogens with zero attached hydrogens (tertiary/aromatic N) is 5. The number of carbonyl (C=O) groups excluding carboxylic acids is 7. The molecule has 14 atom stereocenters. The summed E-state index contributed by atoms with van der Waals surface area (Å²) >= 11 is 0. The van der Waals surface area contributed by atoms with Crippen molar-refractivity contribution in [2.24, 2.45) is 23.7 Å². The van der Waals surface area contributed by atoms with E-state index in [1.165, 1.54) is 34.6 Å². The van der Waals surface area contributed by atoms with E-state index in [-0.39, 0.29) is 67.8 Å². The Morgan fingerprint density at radius 3 is 2.13 bits per heavy atom. The number of ether oxygens (including phenoxy) is 2. The molecule has 0 aliphatic carbocycles. The first-order chi connectivity index (χ1) is 31.6. The minimum Gasteiger partial charge on any atom is -0.458 e. The number of esters is 1. The molecule has 23 heteroatoms. The molecule has 0 bridgehead atoms. The summed E-state index contributed by atoms with van der Waals surface area (Å²) in [5.41, 5.74) is 0.710. The van der Waals surface area contributed by atoms with Crippen LogP contribution in [0.1, 0.15) is 127 Å². The average Bonchev–Trinajstić information content (AvgIpc) is 3.62. The van der Waals surface area contributed by atoms with Crippen LogP contribution >= 0.6 is 0 Å². The van der Waals surface area contributed by atoms with Gasteiger partial charge >= 0.3 is 5.97 Å². The molecule has 0 radical (unpaired) electrons. The number of hydrogen-bond donors (Lipinski definition) is 9. The van der Waals surface area contributed by atoms with Gasteiger partial charge in [0.2, 0.25) is 11.7 Å². The van der Waals surface area contributed by atoms with Gasteiger partial charge in [0.15, 0.2) is 11.6 Å². The van der Waals surface area contributed by atoms with Gasteiger partial charge in [-0.15, -0.1) is 0 Å². The van der Waals surface area contributed by atoms with Crippen LogP contribution in [0.2, 0.25) is 0 Å². The number of cyclic esters (lactones) is 1. The summed E-state index contributed by atoms with van der Waals surface area (Å²) in [5, 5.41) is 73.8. The highest BCUT2D eigenvalue weighted by Crippen LogP contribution is 2.42. The van der Waals surface area contributed by atoms with Gasteiger partial charge in [-0.25, -0.2) is 25.8 Å². The number of hydroxylamine groups is 4. The Labute approximate surface area is 397 Å². The van der Waals surface area contributed by atoms with Gasteiger partial charge in [0.25, 0.3) is 29.5 Å². The first-order valence-corrected chi connectivity index (χ1v) is 24.2. The SMILES string of the molecule is CC[C@H](C)C[C@H]1CC[C@](O)([C@](C)(O)C(=O)N[C@H]2C(=O)N3NCCC[C@H]3C(=O)N(O)[C@H](C)C(=O)N3NC[C@H](O)C[C@@H]3C(=O)N3CC[C@@](C)(O)[C@@H]3C(=O)N(O)[C@@H](C(C)C)C(=O)O[C@H]2C(C)C)O[C@@H]1CC. The van der Waals surface area contributed by atoms with E-state index in [2.05, 4.69) is 30.0 Å². The highest BCUT2D eigenvalue weighted by molar-refractivity contribution is 5.98. The van der Waals surface area contributed by atoms with E-state index in [4.69, 9.17) is 9.47 Å². The molecule has 5 heterocycles. The van der Waals surface area contributed by atoms with Gasteiger partial charge in [0.1, 0.15) is 36.3 Å². The maximum absolute atomic E-state index is 15.1. The van der Waals surface area contributed by atoms with E-state index in [0.29, 0.717) is 18.8 Å². The molecule has 23 nitrogen and oxygen atoms in total. The van der Waals surface area contributed by atoms with Gasteiger partial charge in [0.05, 0.1) is 17.8 Å². The van der Waals surface area contributed by atoms with Crippen LogP contribution in [0.3, 0.4) is 0 Å². The number of aliphatic hydroxyl groups excluding tert-OH is 1. The first kappa shape index (κ1) is 54.9. The number of fused-ring (bicyclic) bond motifs is 3. The Morgan fingerprint density at radius 1 is 0.882 bits per heavy atom. The van der Waals surface area contributed by atoms with Crippen LogP contribution in [0.4, 0.5) is 0 Å². The van der Waals surface area contributed by atoms with E-state index in [9.17, 15) is 59.6 Å². The molecule has 0 aromatic carbocycles. The van der Waals surface area contributed by atoms with Crippen molar-refractivity contribution in [2.75, 3.05) is 19.6 Å². The maximum Gasteiger partial charge on any atom is 0.332 e. The van der Waals surface area contributed by atoms with E-state index in [1.54, 1.807) is 0 Å². The number of hydrazine groups is 2. The summed E-state index contributed by atoms with van der Waals surface area (Å²) in [7, 11) is 0. The van der Waals surface area contributed by atoms with Crippen LogP contribution in [-0.4, -0.2) is 188 Å². The number of amides is 6. The quantitative estimate of drug-likeness (QED) is 0.102. The molecule has 0 aromatic heterocycles. The summed E-state index contributed by atoms with van der Waals surface area (Å²) in [5.74, 6) is -12.1. The third-order valence-corrected chi connectivity index (χ3v) is 14.7. The van der Waals surface area contributed by atoms with Crippen molar-refractivity contribution < 1.29 is 73.9 Å². The molecule has 6 amide bonds. The zero-order valence-corrected chi connectivity index (χ0v) is 41.1. The third-order valence-electron chi connectivity index (χ3n) is 14.7. The molecule has 5 aliphatic heterocycles. The summed E-state index contributed by atoms with van der Waals surface area (Å²) in [6.45, 7) is 15.0. The molecule has 5 fully saturated rings. The van der Waals surface area contributed by atoms with Gasteiger partial charge in [-0.1, -0.05) is 54.9 Å². The molecule has 9 N–H and O–H groups in total. The number of hydrogen-bond acceptors (Lipinski definition) is 17. The minimum atomic E-state index is -2.76.